The average Bonchev–Trinajstić information content (AvgIpc) is 2.29. The van der Waals surface area contributed by atoms with Crippen LogP contribution in [0.15, 0.2) is 30.5 Å². The Balaban J connectivity index is 2.49. The number of hydrogen-bond acceptors (Lipinski definition) is 3. The van der Waals surface area contributed by atoms with E-state index in [1.165, 1.54) is 5.56 Å². The van der Waals surface area contributed by atoms with Crippen molar-refractivity contribution in [3.8, 4) is 11.4 Å². The molecule has 88 valence electrons. The molecule has 1 aromatic carbocycles. The largest absolute Gasteiger partial charge is 0.324 e. The zero-order valence-corrected chi connectivity index (χ0v) is 10.4. The number of rotatable bonds is 2. The van der Waals surface area contributed by atoms with E-state index < -0.39 is 0 Å². The first-order chi connectivity index (χ1) is 8.09. The van der Waals surface area contributed by atoms with Crippen molar-refractivity contribution in [3.05, 3.63) is 47.3 Å². The predicted octanol–water partition coefficient (Wildman–Crippen LogP) is 2.78. The van der Waals surface area contributed by atoms with Gasteiger partial charge in [-0.05, 0) is 26.3 Å². The Bertz CT molecular complexity index is 533. The standard InChI is InChI=1S/C14H17N3/c1-9-6-4-5-7-12(9)14-16-8-13(10(2)15)11(3)17-14/h4-8,10H,15H2,1-3H3/t10-/m0/s1. The van der Waals surface area contributed by atoms with Gasteiger partial charge >= 0.3 is 0 Å². The highest BCUT2D eigenvalue weighted by atomic mass is 14.9. The van der Waals surface area contributed by atoms with Crippen molar-refractivity contribution in [2.45, 2.75) is 26.8 Å². The molecule has 2 N–H and O–H groups in total. The minimum atomic E-state index is -0.0269. The van der Waals surface area contributed by atoms with E-state index in [2.05, 4.69) is 23.0 Å². The molecule has 0 bridgehead atoms. The lowest BCUT2D eigenvalue weighted by Crippen LogP contribution is -2.09. The first kappa shape index (κ1) is 11.7. The van der Waals surface area contributed by atoms with Crippen molar-refractivity contribution in [3.63, 3.8) is 0 Å². The third-order valence-corrected chi connectivity index (χ3v) is 2.89. The molecular weight excluding hydrogens is 210 g/mol. The molecule has 0 aliphatic rings. The fourth-order valence-corrected chi connectivity index (χ4v) is 1.88. The Morgan fingerprint density at radius 1 is 1.18 bits per heavy atom. The Morgan fingerprint density at radius 3 is 2.47 bits per heavy atom. The summed E-state index contributed by atoms with van der Waals surface area (Å²) in [6, 6.07) is 8.09. The van der Waals surface area contributed by atoms with Crippen molar-refractivity contribution in [1.82, 2.24) is 9.97 Å². The molecule has 0 unspecified atom stereocenters. The molecule has 0 amide bonds. The van der Waals surface area contributed by atoms with E-state index in [-0.39, 0.29) is 6.04 Å². The fourth-order valence-electron chi connectivity index (χ4n) is 1.88. The molecule has 3 heteroatoms. The number of nitrogens with two attached hydrogens (primary N) is 1. The van der Waals surface area contributed by atoms with Gasteiger partial charge in [0, 0.05) is 29.1 Å². The van der Waals surface area contributed by atoms with E-state index in [1.807, 2.05) is 38.2 Å². The summed E-state index contributed by atoms with van der Waals surface area (Å²) >= 11 is 0. The second-order valence-corrected chi connectivity index (χ2v) is 4.34. The lowest BCUT2D eigenvalue weighted by atomic mass is 10.1. The van der Waals surface area contributed by atoms with Gasteiger partial charge in [-0.15, -0.1) is 0 Å². The molecule has 1 aromatic heterocycles. The summed E-state index contributed by atoms with van der Waals surface area (Å²) in [4.78, 5) is 8.94. The van der Waals surface area contributed by atoms with Gasteiger partial charge in [-0.25, -0.2) is 9.97 Å². The maximum atomic E-state index is 5.85. The molecular formula is C14H17N3. The second-order valence-electron chi connectivity index (χ2n) is 4.34. The lowest BCUT2D eigenvalue weighted by molar-refractivity contribution is 0.790. The van der Waals surface area contributed by atoms with Crippen LogP contribution in [0.3, 0.4) is 0 Å². The quantitative estimate of drug-likeness (QED) is 0.858. The van der Waals surface area contributed by atoms with Crippen molar-refractivity contribution in [1.29, 1.82) is 0 Å². The zero-order valence-electron chi connectivity index (χ0n) is 10.4. The van der Waals surface area contributed by atoms with Crippen LogP contribution < -0.4 is 5.73 Å². The first-order valence-corrected chi connectivity index (χ1v) is 5.74. The molecule has 3 nitrogen and oxygen atoms in total. The summed E-state index contributed by atoms with van der Waals surface area (Å²) in [5, 5.41) is 0. The zero-order chi connectivity index (χ0) is 12.4. The number of benzene rings is 1. The van der Waals surface area contributed by atoms with Crippen LogP contribution in [0.5, 0.6) is 0 Å². The van der Waals surface area contributed by atoms with Gasteiger partial charge in [0.1, 0.15) is 0 Å². The third kappa shape index (κ3) is 2.34. The second kappa shape index (κ2) is 4.63. The summed E-state index contributed by atoms with van der Waals surface area (Å²) in [5.41, 5.74) is 10.1. The molecule has 0 aliphatic carbocycles. The maximum Gasteiger partial charge on any atom is 0.159 e. The Morgan fingerprint density at radius 2 is 1.88 bits per heavy atom. The number of hydrogen-bond donors (Lipinski definition) is 1. The van der Waals surface area contributed by atoms with E-state index in [0.29, 0.717) is 0 Å². The summed E-state index contributed by atoms with van der Waals surface area (Å²) in [6.45, 7) is 5.98. The highest BCUT2D eigenvalue weighted by Gasteiger charge is 2.09. The fraction of sp³-hybridized carbons (Fsp3) is 0.286. The van der Waals surface area contributed by atoms with Crippen LogP contribution >= 0.6 is 0 Å². The third-order valence-electron chi connectivity index (χ3n) is 2.89. The molecule has 2 rings (SSSR count). The Hall–Kier alpha value is -1.74. The topological polar surface area (TPSA) is 51.8 Å². The molecule has 2 aromatic rings. The molecule has 1 heterocycles. The lowest BCUT2D eigenvalue weighted by Gasteiger charge is -2.10. The molecule has 0 radical (unpaired) electrons. The van der Waals surface area contributed by atoms with Crippen LogP contribution in [-0.2, 0) is 0 Å². The van der Waals surface area contributed by atoms with Crippen molar-refractivity contribution in [2.75, 3.05) is 0 Å². The van der Waals surface area contributed by atoms with E-state index in [1.54, 1.807) is 0 Å². The van der Waals surface area contributed by atoms with Crippen LogP contribution in [0.1, 0.15) is 29.8 Å². The molecule has 17 heavy (non-hydrogen) atoms. The Kier molecular flexibility index (Phi) is 3.20. The van der Waals surface area contributed by atoms with E-state index >= 15 is 0 Å². The first-order valence-electron chi connectivity index (χ1n) is 5.74. The smallest absolute Gasteiger partial charge is 0.159 e. The van der Waals surface area contributed by atoms with E-state index in [0.717, 1.165) is 22.6 Å². The van der Waals surface area contributed by atoms with Crippen LogP contribution in [-0.4, -0.2) is 9.97 Å². The molecule has 0 spiro atoms. The number of nitrogens with zero attached hydrogens (tertiary/aromatic N) is 2. The van der Waals surface area contributed by atoms with Gasteiger partial charge in [0.05, 0.1) is 0 Å². The minimum absolute atomic E-state index is 0.0269. The number of aromatic nitrogens is 2. The van der Waals surface area contributed by atoms with Gasteiger partial charge in [0.15, 0.2) is 5.82 Å². The predicted molar refractivity (Wildman–Crippen MR) is 69.5 cm³/mol. The van der Waals surface area contributed by atoms with Crippen LogP contribution in [0.25, 0.3) is 11.4 Å². The van der Waals surface area contributed by atoms with Crippen LogP contribution in [0.2, 0.25) is 0 Å². The van der Waals surface area contributed by atoms with Crippen molar-refractivity contribution in [2.24, 2.45) is 5.73 Å². The maximum absolute atomic E-state index is 5.85. The SMILES string of the molecule is Cc1ccccc1-c1ncc([C@H](C)N)c(C)n1. The normalized spacial score (nSPS) is 12.5. The van der Waals surface area contributed by atoms with Gasteiger partial charge in [0.25, 0.3) is 0 Å². The van der Waals surface area contributed by atoms with Crippen molar-refractivity contribution >= 4 is 0 Å². The van der Waals surface area contributed by atoms with Gasteiger partial charge in [-0.3, -0.25) is 0 Å². The summed E-state index contributed by atoms with van der Waals surface area (Å²) < 4.78 is 0. The summed E-state index contributed by atoms with van der Waals surface area (Å²) in [5.74, 6) is 0.769. The van der Waals surface area contributed by atoms with Gasteiger partial charge in [-0.2, -0.15) is 0 Å². The monoisotopic (exact) mass is 227 g/mol. The van der Waals surface area contributed by atoms with E-state index in [4.69, 9.17) is 5.73 Å². The van der Waals surface area contributed by atoms with Crippen molar-refractivity contribution < 1.29 is 0 Å². The molecule has 0 saturated heterocycles. The highest BCUT2D eigenvalue weighted by Crippen LogP contribution is 2.21. The summed E-state index contributed by atoms with van der Waals surface area (Å²) in [6.07, 6.45) is 1.83. The number of aryl methyl sites for hydroxylation is 2. The summed E-state index contributed by atoms with van der Waals surface area (Å²) in [7, 11) is 0. The van der Waals surface area contributed by atoms with E-state index in [9.17, 15) is 0 Å². The van der Waals surface area contributed by atoms with Crippen LogP contribution in [0, 0.1) is 13.8 Å². The van der Waals surface area contributed by atoms with Gasteiger partial charge in [-0.1, -0.05) is 24.3 Å². The molecule has 0 fully saturated rings. The minimum Gasteiger partial charge on any atom is -0.324 e. The highest BCUT2D eigenvalue weighted by molar-refractivity contribution is 5.59. The van der Waals surface area contributed by atoms with Gasteiger partial charge in [0.2, 0.25) is 0 Å². The van der Waals surface area contributed by atoms with Crippen LogP contribution in [0.4, 0.5) is 0 Å². The van der Waals surface area contributed by atoms with Gasteiger partial charge < -0.3 is 5.73 Å². The Labute approximate surface area is 102 Å². The average molecular weight is 227 g/mol. The molecule has 1 atom stereocenters. The molecule has 0 aliphatic heterocycles. The molecule has 0 saturated carbocycles.